The monoisotopic (exact) mass is 280 g/mol. The van der Waals surface area contributed by atoms with Crippen LogP contribution in [0.2, 0.25) is 0 Å². The molecule has 0 unspecified atom stereocenters. The fourth-order valence-electron chi connectivity index (χ4n) is 2.05. The van der Waals surface area contributed by atoms with Gasteiger partial charge < -0.3 is 0 Å². The molecule has 16 heavy (non-hydrogen) atoms. The van der Waals surface area contributed by atoms with Gasteiger partial charge in [0.15, 0.2) is 0 Å². The van der Waals surface area contributed by atoms with Gasteiger partial charge >= 0.3 is 0 Å². The number of fused-ring (bicyclic) bond motifs is 3. The van der Waals surface area contributed by atoms with E-state index >= 15 is 0 Å². The van der Waals surface area contributed by atoms with E-state index in [1.807, 2.05) is 6.07 Å². The van der Waals surface area contributed by atoms with Gasteiger partial charge in [-0.05, 0) is 12.3 Å². The van der Waals surface area contributed by atoms with Crippen LogP contribution in [0.5, 0.6) is 0 Å². The van der Waals surface area contributed by atoms with Crippen LogP contribution in [0.1, 0.15) is 5.56 Å². The van der Waals surface area contributed by atoms with E-state index in [9.17, 15) is 0 Å². The number of hydrogen-bond donors (Lipinski definition) is 0. The molecule has 3 aromatic carbocycles. The van der Waals surface area contributed by atoms with E-state index in [0.29, 0.717) is 0 Å². The fourth-order valence-corrected chi connectivity index (χ4v) is 2.05. The van der Waals surface area contributed by atoms with Crippen LogP contribution in [0.15, 0.2) is 48.5 Å². The molecule has 3 rings (SSSR count). The zero-order chi connectivity index (χ0) is 10.3. The van der Waals surface area contributed by atoms with Crippen molar-refractivity contribution in [3.8, 4) is 0 Å². The van der Waals surface area contributed by atoms with Crippen LogP contribution < -0.4 is 0 Å². The Balaban J connectivity index is 0.000000963. The molecule has 0 amide bonds. The molecule has 0 aromatic heterocycles. The van der Waals surface area contributed by atoms with Crippen molar-refractivity contribution in [1.29, 1.82) is 0 Å². The Morgan fingerprint density at radius 1 is 0.875 bits per heavy atom. The van der Waals surface area contributed by atoms with Gasteiger partial charge in [-0.3, -0.25) is 0 Å². The van der Waals surface area contributed by atoms with E-state index < -0.39 is 0 Å². The normalized spacial score (nSPS) is 10.3. The molecule has 0 spiro atoms. The maximum absolute atomic E-state index is 3.15. The minimum absolute atomic E-state index is 0. The average molecular weight is 280 g/mol. The third kappa shape index (κ3) is 1.92. The van der Waals surface area contributed by atoms with Crippen molar-refractivity contribution in [2.75, 3.05) is 0 Å². The molecule has 75 valence electrons. The Bertz CT molecular complexity index is 641. The Labute approximate surface area is 121 Å². The molecule has 0 aliphatic heterocycles. The standard InChI is InChI=1S/C15H11.Y/c1-11-6-7-13-9-8-12-4-2-3-5-14(12)15(13)10-11;/h2,4-10H,1H3;/q-1;. The molecule has 0 bridgehead atoms. The summed E-state index contributed by atoms with van der Waals surface area (Å²) < 4.78 is 0. The topological polar surface area (TPSA) is 0 Å². The predicted octanol–water partition coefficient (Wildman–Crippen LogP) is 4.10. The van der Waals surface area contributed by atoms with E-state index in [0.717, 1.165) is 0 Å². The van der Waals surface area contributed by atoms with E-state index in [1.165, 1.54) is 27.1 Å². The molecule has 0 nitrogen and oxygen atoms in total. The smallest absolute Gasteiger partial charge is 0 e. The largest absolute Gasteiger partial charge is 0.183 e. The maximum Gasteiger partial charge on any atom is 0 e. The van der Waals surface area contributed by atoms with Crippen molar-refractivity contribution >= 4 is 21.5 Å². The van der Waals surface area contributed by atoms with Gasteiger partial charge in [-0.25, -0.2) is 0 Å². The van der Waals surface area contributed by atoms with Crippen molar-refractivity contribution in [3.63, 3.8) is 0 Å². The Morgan fingerprint density at radius 3 is 2.38 bits per heavy atom. The third-order valence-corrected chi connectivity index (χ3v) is 2.84. The van der Waals surface area contributed by atoms with Crippen molar-refractivity contribution < 1.29 is 32.7 Å². The average Bonchev–Trinajstić information content (AvgIpc) is 2.29. The molecule has 0 aliphatic carbocycles. The molecule has 3 aromatic rings. The van der Waals surface area contributed by atoms with Crippen LogP contribution in [0.3, 0.4) is 0 Å². The summed E-state index contributed by atoms with van der Waals surface area (Å²) in [5.74, 6) is 0. The minimum Gasteiger partial charge on any atom is -0.183 e. The van der Waals surface area contributed by atoms with E-state index in [2.05, 4.69) is 55.5 Å². The first-order chi connectivity index (χ1) is 7.34. The first kappa shape index (κ1) is 11.8. The summed E-state index contributed by atoms with van der Waals surface area (Å²) in [6.45, 7) is 2.13. The number of rotatable bonds is 0. The summed E-state index contributed by atoms with van der Waals surface area (Å²) in [4.78, 5) is 0. The molecule has 0 aliphatic rings. The number of benzene rings is 3. The second kappa shape index (κ2) is 4.65. The van der Waals surface area contributed by atoms with Crippen molar-refractivity contribution in [3.05, 3.63) is 60.2 Å². The summed E-state index contributed by atoms with van der Waals surface area (Å²) in [6.07, 6.45) is 0. The van der Waals surface area contributed by atoms with Crippen LogP contribution in [0.4, 0.5) is 0 Å². The van der Waals surface area contributed by atoms with E-state index in [4.69, 9.17) is 0 Å². The first-order valence-electron chi connectivity index (χ1n) is 5.14. The van der Waals surface area contributed by atoms with Gasteiger partial charge in [-0.2, -0.15) is 24.3 Å². The number of aryl methyl sites for hydroxylation is 1. The summed E-state index contributed by atoms with van der Waals surface area (Å²) in [7, 11) is 0. The summed E-state index contributed by atoms with van der Waals surface area (Å²) in [5, 5.41) is 5.20. The summed E-state index contributed by atoms with van der Waals surface area (Å²) in [6, 6.07) is 20.2. The van der Waals surface area contributed by atoms with E-state index in [1.54, 1.807) is 0 Å². The molecule has 0 fully saturated rings. The minimum atomic E-state index is 0. The fraction of sp³-hybridized carbons (Fsp3) is 0.0667. The van der Waals surface area contributed by atoms with Gasteiger partial charge in [-0.15, -0.1) is 10.8 Å². The van der Waals surface area contributed by atoms with Crippen LogP contribution in [-0.4, -0.2) is 0 Å². The zero-order valence-electron chi connectivity index (χ0n) is 9.20. The SMILES string of the molecule is Cc1ccc2ccc3cc[c-]cc3c2c1.[Y]. The molecular formula is C15H11Y-. The van der Waals surface area contributed by atoms with Crippen LogP contribution in [0.25, 0.3) is 21.5 Å². The molecule has 0 saturated heterocycles. The zero-order valence-corrected chi connectivity index (χ0v) is 12.0. The number of hydrogen-bond acceptors (Lipinski definition) is 0. The molecular weight excluding hydrogens is 269 g/mol. The molecule has 1 heteroatoms. The first-order valence-corrected chi connectivity index (χ1v) is 5.14. The predicted molar refractivity (Wildman–Crippen MR) is 65.0 cm³/mol. The van der Waals surface area contributed by atoms with Gasteiger partial charge in [0.1, 0.15) is 0 Å². The van der Waals surface area contributed by atoms with Crippen LogP contribution >= 0.6 is 0 Å². The Hall–Kier alpha value is -0.716. The Morgan fingerprint density at radius 2 is 1.56 bits per heavy atom. The van der Waals surface area contributed by atoms with Gasteiger partial charge in [0.25, 0.3) is 0 Å². The summed E-state index contributed by atoms with van der Waals surface area (Å²) >= 11 is 0. The summed E-state index contributed by atoms with van der Waals surface area (Å²) in [5.41, 5.74) is 1.30. The molecule has 1 radical (unpaired) electrons. The second-order valence-electron chi connectivity index (χ2n) is 3.94. The van der Waals surface area contributed by atoms with Crippen molar-refractivity contribution in [1.82, 2.24) is 0 Å². The van der Waals surface area contributed by atoms with Crippen molar-refractivity contribution in [2.24, 2.45) is 0 Å². The van der Waals surface area contributed by atoms with Crippen LogP contribution in [0, 0.1) is 13.0 Å². The van der Waals surface area contributed by atoms with Gasteiger partial charge in [0.2, 0.25) is 0 Å². The van der Waals surface area contributed by atoms with Crippen LogP contribution in [-0.2, 0) is 32.7 Å². The second-order valence-corrected chi connectivity index (χ2v) is 3.94. The van der Waals surface area contributed by atoms with E-state index in [-0.39, 0.29) is 32.7 Å². The van der Waals surface area contributed by atoms with Gasteiger partial charge in [0.05, 0.1) is 0 Å². The van der Waals surface area contributed by atoms with Gasteiger partial charge in [0, 0.05) is 32.7 Å². The van der Waals surface area contributed by atoms with Gasteiger partial charge in [-0.1, -0.05) is 41.3 Å². The quantitative estimate of drug-likeness (QED) is 0.429. The molecule has 0 saturated carbocycles. The Kier molecular flexibility index (Phi) is 3.42. The molecule has 0 heterocycles. The third-order valence-electron chi connectivity index (χ3n) is 2.84. The molecule has 0 N–H and O–H groups in total. The maximum atomic E-state index is 3.15. The molecule has 0 atom stereocenters. The van der Waals surface area contributed by atoms with Crippen molar-refractivity contribution in [2.45, 2.75) is 6.92 Å².